The Labute approximate surface area is 133 Å². The second kappa shape index (κ2) is 7.35. The molecule has 1 heterocycles. The first-order valence-corrected chi connectivity index (χ1v) is 8.27. The molecule has 0 radical (unpaired) electrons. The summed E-state index contributed by atoms with van der Waals surface area (Å²) in [5.41, 5.74) is 2.70. The maximum atomic E-state index is 6.04. The van der Waals surface area contributed by atoms with Gasteiger partial charge in [-0.3, -0.25) is 0 Å². The molecule has 1 atom stereocenters. The third-order valence-corrected chi connectivity index (χ3v) is 4.14. The van der Waals surface area contributed by atoms with Crippen molar-refractivity contribution in [2.45, 2.75) is 45.1 Å². The Balaban J connectivity index is 1.48. The predicted octanol–water partition coefficient (Wildman–Crippen LogP) is 4.80. The van der Waals surface area contributed by atoms with Crippen LogP contribution in [0.3, 0.4) is 0 Å². The Morgan fingerprint density at radius 1 is 1.14 bits per heavy atom. The van der Waals surface area contributed by atoms with E-state index in [1.165, 1.54) is 11.1 Å². The highest BCUT2D eigenvalue weighted by Crippen LogP contribution is 2.29. The molecule has 22 heavy (non-hydrogen) atoms. The third kappa shape index (κ3) is 4.03. The van der Waals surface area contributed by atoms with Gasteiger partial charge in [0.05, 0.1) is 12.7 Å². The summed E-state index contributed by atoms with van der Waals surface area (Å²) in [5.74, 6) is 1.92. The number of fused-ring (bicyclic) bond motifs is 1. The van der Waals surface area contributed by atoms with Crippen molar-refractivity contribution in [3.63, 3.8) is 0 Å². The summed E-state index contributed by atoms with van der Waals surface area (Å²) < 4.78 is 11.7. The van der Waals surface area contributed by atoms with Gasteiger partial charge in [0, 0.05) is 6.07 Å². The molecule has 0 saturated carbocycles. The Hall–Kier alpha value is -1.96. The number of ether oxygens (including phenoxy) is 2. The number of benzene rings is 2. The first kappa shape index (κ1) is 15.0. The van der Waals surface area contributed by atoms with Crippen molar-refractivity contribution in [3.05, 3.63) is 59.7 Å². The lowest BCUT2D eigenvalue weighted by Gasteiger charge is -2.20. The molecule has 0 bridgehead atoms. The van der Waals surface area contributed by atoms with Gasteiger partial charge in [0.15, 0.2) is 0 Å². The third-order valence-electron chi connectivity index (χ3n) is 4.14. The number of hydrogen-bond donors (Lipinski definition) is 0. The molecule has 0 aliphatic carbocycles. The second-order valence-electron chi connectivity index (χ2n) is 6.03. The zero-order chi connectivity index (χ0) is 15.2. The Kier molecular flexibility index (Phi) is 4.99. The van der Waals surface area contributed by atoms with Gasteiger partial charge in [-0.15, -0.1) is 0 Å². The van der Waals surface area contributed by atoms with E-state index in [0.29, 0.717) is 0 Å². The van der Waals surface area contributed by atoms with Gasteiger partial charge >= 0.3 is 0 Å². The van der Waals surface area contributed by atoms with E-state index in [-0.39, 0.29) is 6.10 Å². The molecule has 1 aliphatic rings. The smallest absolute Gasteiger partial charge is 0.126 e. The molecule has 2 nitrogen and oxygen atoms in total. The Morgan fingerprint density at radius 3 is 2.86 bits per heavy atom. The van der Waals surface area contributed by atoms with Crippen LogP contribution in [0.15, 0.2) is 48.5 Å². The van der Waals surface area contributed by atoms with E-state index in [1.807, 2.05) is 6.07 Å². The van der Waals surface area contributed by atoms with E-state index in [4.69, 9.17) is 9.47 Å². The van der Waals surface area contributed by atoms with E-state index in [1.54, 1.807) is 0 Å². The zero-order valence-corrected chi connectivity index (χ0v) is 13.3. The number of aryl methyl sites for hydroxylation is 2. The fourth-order valence-electron chi connectivity index (χ4n) is 2.92. The van der Waals surface area contributed by atoms with Crippen LogP contribution in [0.4, 0.5) is 0 Å². The van der Waals surface area contributed by atoms with Gasteiger partial charge in [-0.25, -0.2) is 0 Å². The average molecular weight is 296 g/mol. The van der Waals surface area contributed by atoms with Gasteiger partial charge in [0.25, 0.3) is 0 Å². The summed E-state index contributed by atoms with van der Waals surface area (Å²) in [6, 6.07) is 16.9. The minimum absolute atomic E-state index is 0.227. The fraction of sp³-hybridized carbons (Fsp3) is 0.400. The topological polar surface area (TPSA) is 18.5 Å². The summed E-state index contributed by atoms with van der Waals surface area (Å²) >= 11 is 0. The van der Waals surface area contributed by atoms with Crippen LogP contribution in [0.2, 0.25) is 0 Å². The molecule has 0 N–H and O–H groups in total. The van der Waals surface area contributed by atoms with Crippen LogP contribution in [-0.4, -0.2) is 12.7 Å². The SMILES string of the molecule is CC(CCCc1ccccc1)Oc1ccc2c(c1)OCCC2. The van der Waals surface area contributed by atoms with Gasteiger partial charge < -0.3 is 9.47 Å². The molecule has 3 rings (SSSR count). The van der Waals surface area contributed by atoms with E-state index >= 15 is 0 Å². The van der Waals surface area contributed by atoms with Crippen molar-refractivity contribution < 1.29 is 9.47 Å². The summed E-state index contributed by atoms with van der Waals surface area (Å²) in [4.78, 5) is 0. The summed E-state index contributed by atoms with van der Waals surface area (Å²) in [5, 5.41) is 0. The molecule has 2 heteroatoms. The highest BCUT2D eigenvalue weighted by molar-refractivity contribution is 5.41. The Morgan fingerprint density at radius 2 is 2.00 bits per heavy atom. The minimum Gasteiger partial charge on any atom is -0.493 e. The molecule has 0 amide bonds. The number of hydrogen-bond acceptors (Lipinski definition) is 2. The lowest BCUT2D eigenvalue weighted by Crippen LogP contribution is -2.13. The van der Waals surface area contributed by atoms with Crippen molar-refractivity contribution in [1.29, 1.82) is 0 Å². The molecule has 0 spiro atoms. The van der Waals surface area contributed by atoms with Crippen LogP contribution < -0.4 is 9.47 Å². The van der Waals surface area contributed by atoms with Crippen LogP contribution >= 0.6 is 0 Å². The largest absolute Gasteiger partial charge is 0.493 e. The lowest BCUT2D eigenvalue weighted by molar-refractivity contribution is 0.205. The van der Waals surface area contributed by atoms with Crippen LogP contribution in [-0.2, 0) is 12.8 Å². The maximum absolute atomic E-state index is 6.04. The van der Waals surface area contributed by atoms with E-state index < -0.39 is 0 Å². The van der Waals surface area contributed by atoms with Crippen LogP contribution in [0, 0.1) is 0 Å². The molecule has 116 valence electrons. The summed E-state index contributed by atoms with van der Waals surface area (Å²) in [6.07, 6.45) is 5.78. The quantitative estimate of drug-likeness (QED) is 0.762. The lowest BCUT2D eigenvalue weighted by atomic mass is 10.1. The van der Waals surface area contributed by atoms with E-state index in [0.717, 1.165) is 50.2 Å². The van der Waals surface area contributed by atoms with Crippen LogP contribution in [0.5, 0.6) is 11.5 Å². The molecule has 1 aliphatic heterocycles. The Bertz CT molecular complexity index is 592. The first-order chi connectivity index (χ1) is 10.8. The molecule has 0 aromatic heterocycles. The van der Waals surface area contributed by atoms with Crippen LogP contribution in [0.1, 0.15) is 37.3 Å². The minimum atomic E-state index is 0.227. The van der Waals surface area contributed by atoms with Crippen molar-refractivity contribution in [1.82, 2.24) is 0 Å². The normalized spacial score (nSPS) is 14.8. The first-order valence-electron chi connectivity index (χ1n) is 8.27. The van der Waals surface area contributed by atoms with Gasteiger partial charge in [-0.2, -0.15) is 0 Å². The van der Waals surface area contributed by atoms with Gasteiger partial charge in [-0.1, -0.05) is 36.4 Å². The molecule has 1 unspecified atom stereocenters. The standard InChI is InChI=1S/C20H24O2/c1-16(7-5-10-17-8-3-2-4-9-17)22-19-13-12-18-11-6-14-21-20(18)15-19/h2-4,8-9,12-13,15-16H,5-7,10-11,14H2,1H3. The fourth-order valence-corrected chi connectivity index (χ4v) is 2.92. The highest BCUT2D eigenvalue weighted by Gasteiger charge is 2.12. The number of rotatable bonds is 6. The maximum Gasteiger partial charge on any atom is 0.126 e. The molecule has 2 aromatic rings. The van der Waals surface area contributed by atoms with Crippen LogP contribution in [0.25, 0.3) is 0 Å². The zero-order valence-electron chi connectivity index (χ0n) is 13.3. The molecule has 0 fully saturated rings. The van der Waals surface area contributed by atoms with E-state index in [2.05, 4.69) is 49.4 Å². The van der Waals surface area contributed by atoms with Crippen molar-refractivity contribution in [2.24, 2.45) is 0 Å². The molecular weight excluding hydrogens is 272 g/mol. The second-order valence-corrected chi connectivity index (χ2v) is 6.03. The summed E-state index contributed by atoms with van der Waals surface area (Å²) in [6.45, 7) is 2.97. The van der Waals surface area contributed by atoms with Gasteiger partial charge in [0.2, 0.25) is 0 Å². The average Bonchev–Trinajstić information content (AvgIpc) is 2.56. The van der Waals surface area contributed by atoms with E-state index in [9.17, 15) is 0 Å². The molecular formula is C20H24O2. The van der Waals surface area contributed by atoms with Crippen molar-refractivity contribution in [2.75, 3.05) is 6.61 Å². The predicted molar refractivity (Wildman–Crippen MR) is 89.7 cm³/mol. The van der Waals surface area contributed by atoms with Crippen molar-refractivity contribution >= 4 is 0 Å². The molecule has 2 aromatic carbocycles. The summed E-state index contributed by atoms with van der Waals surface area (Å²) in [7, 11) is 0. The molecule has 0 saturated heterocycles. The monoisotopic (exact) mass is 296 g/mol. The highest BCUT2D eigenvalue weighted by atomic mass is 16.5. The van der Waals surface area contributed by atoms with Gasteiger partial charge in [0.1, 0.15) is 11.5 Å². The van der Waals surface area contributed by atoms with Gasteiger partial charge in [-0.05, 0) is 56.2 Å². The van der Waals surface area contributed by atoms with Crippen molar-refractivity contribution in [3.8, 4) is 11.5 Å².